The standard InChI is InChI=1S/C17H32N2O2/c1-3-4-14-5-7-15(8-6-14)16(20)18-13-17(21)9-11-19(2)12-10-17/h14-15,21H,3-13H2,1-2H3,(H,18,20). The lowest BCUT2D eigenvalue weighted by Gasteiger charge is -2.37. The van der Waals surface area contributed by atoms with E-state index >= 15 is 0 Å². The summed E-state index contributed by atoms with van der Waals surface area (Å²) >= 11 is 0. The van der Waals surface area contributed by atoms with E-state index in [1.165, 1.54) is 25.7 Å². The van der Waals surface area contributed by atoms with Gasteiger partial charge in [-0.2, -0.15) is 0 Å². The van der Waals surface area contributed by atoms with Crippen LogP contribution >= 0.6 is 0 Å². The lowest BCUT2D eigenvalue weighted by Crippen LogP contribution is -2.51. The number of likely N-dealkylation sites (tertiary alicyclic amines) is 1. The smallest absolute Gasteiger partial charge is 0.223 e. The molecule has 1 amide bonds. The van der Waals surface area contributed by atoms with E-state index in [0.717, 1.165) is 44.7 Å². The Morgan fingerprint density at radius 1 is 1.24 bits per heavy atom. The number of hydrogen-bond acceptors (Lipinski definition) is 3. The molecule has 4 nitrogen and oxygen atoms in total. The number of rotatable bonds is 5. The number of carbonyl (C=O) groups is 1. The van der Waals surface area contributed by atoms with Crippen LogP contribution in [0.15, 0.2) is 0 Å². The lowest BCUT2D eigenvalue weighted by molar-refractivity contribution is -0.128. The van der Waals surface area contributed by atoms with E-state index in [-0.39, 0.29) is 11.8 Å². The molecule has 4 heteroatoms. The molecule has 2 fully saturated rings. The molecule has 0 spiro atoms. The summed E-state index contributed by atoms with van der Waals surface area (Å²) < 4.78 is 0. The average molecular weight is 296 g/mol. The van der Waals surface area contributed by atoms with Crippen LogP contribution in [0, 0.1) is 11.8 Å². The largest absolute Gasteiger partial charge is 0.388 e. The third-order valence-corrected chi connectivity index (χ3v) is 5.42. The zero-order valence-corrected chi connectivity index (χ0v) is 13.7. The maximum atomic E-state index is 12.3. The minimum atomic E-state index is -0.693. The van der Waals surface area contributed by atoms with Crippen molar-refractivity contribution in [1.82, 2.24) is 10.2 Å². The summed E-state index contributed by atoms with van der Waals surface area (Å²) in [5.74, 6) is 1.17. The highest BCUT2D eigenvalue weighted by molar-refractivity contribution is 5.78. The number of aliphatic hydroxyl groups is 1. The predicted octanol–water partition coefficient (Wildman–Crippen LogP) is 2.17. The Hall–Kier alpha value is -0.610. The second kappa shape index (κ2) is 7.59. The van der Waals surface area contributed by atoms with E-state index < -0.39 is 5.60 Å². The van der Waals surface area contributed by atoms with Gasteiger partial charge in [0.05, 0.1) is 5.60 Å². The Labute approximate surface area is 129 Å². The van der Waals surface area contributed by atoms with Gasteiger partial charge in [-0.25, -0.2) is 0 Å². The first-order valence-corrected chi connectivity index (χ1v) is 8.71. The van der Waals surface area contributed by atoms with Crippen LogP contribution in [0.4, 0.5) is 0 Å². The molecular weight excluding hydrogens is 264 g/mol. The van der Waals surface area contributed by atoms with Gasteiger partial charge in [-0.15, -0.1) is 0 Å². The van der Waals surface area contributed by atoms with Crippen molar-refractivity contribution in [3.8, 4) is 0 Å². The summed E-state index contributed by atoms with van der Waals surface area (Å²) in [5.41, 5.74) is -0.693. The third-order valence-electron chi connectivity index (χ3n) is 5.42. The number of nitrogens with one attached hydrogen (secondary N) is 1. The Morgan fingerprint density at radius 2 is 1.86 bits per heavy atom. The predicted molar refractivity (Wildman–Crippen MR) is 85.0 cm³/mol. The van der Waals surface area contributed by atoms with Crippen molar-refractivity contribution in [2.45, 2.75) is 63.9 Å². The zero-order valence-electron chi connectivity index (χ0n) is 13.7. The van der Waals surface area contributed by atoms with Crippen LogP contribution in [0.1, 0.15) is 58.3 Å². The summed E-state index contributed by atoms with van der Waals surface area (Å²) in [6.07, 6.45) is 8.52. The molecule has 2 aliphatic rings. The number of carbonyl (C=O) groups excluding carboxylic acids is 1. The number of nitrogens with zero attached hydrogens (tertiary/aromatic N) is 1. The highest BCUT2D eigenvalue weighted by Crippen LogP contribution is 2.31. The van der Waals surface area contributed by atoms with Gasteiger partial charge < -0.3 is 15.3 Å². The lowest BCUT2D eigenvalue weighted by atomic mass is 9.79. The van der Waals surface area contributed by atoms with E-state index in [1.807, 2.05) is 0 Å². The van der Waals surface area contributed by atoms with Crippen LogP contribution in [0.3, 0.4) is 0 Å². The van der Waals surface area contributed by atoms with Gasteiger partial charge in [0.15, 0.2) is 0 Å². The Morgan fingerprint density at radius 3 is 2.43 bits per heavy atom. The molecule has 0 aromatic rings. The van der Waals surface area contributed by atoms with Crippen LogP contribution in [0.25, 0.3) is 0 Å². The van der Waals surface area contributed by atoms with Gasteiger partial charge in [-0.05, 0) is 51.5 Å². The molecule has 21 heavy (non-hydrogen) atoms. The van der Waals surface area contributed by atoms with Gasteiger partial charge in [-0.1, -0.05) is 19.8 Å². The maximum Gasteiger partial charge on any atom is 0.223 e. The Bertz CT molecular complexity index is 330. The molecule has 1 aliphatic carbocycles. The molecule has 2 N–H and O–H groups in total. The van der Waals surface area contributed by atoms with E-state index in [9.17, 15) is 9.90 Å². The number of amides is 1. The number of hydrogen-bond donors (Lipinski definition) is 2. The minimum absolute atomic E-state index is 0.164. The van der Waals surface area contributed by atoms with Crippen molar-refractivity contribution in [2.24, 2.45) is 11.8 Å². The average Bonchev–Trinajstić information content (AvgIpc) is 2.49. The highest BCUT2D eigenvalue weighted by Gasteiger charge is 2.33. The van der Waals surface area contributed by atoms with Crippen LogP contribution < -0.4 is 5.32 Å². The van der Waals surface area contributed by atoms with Gasteiger partial charge >= 0.3 is 0 Å². The van der Waals surface area contributed by atoms with Crippen LogP contribution in [-0.4, -0.2) is 48.2 Å². The molecule has 0 atom stereocenters. The van der Waals surface area contributed by atoms with E-state index in [1.54, 1.807) is 0 Å². The third kappa shape index (κ3) is 4.96. The molecule has 2 rings (SSSR count). The molecule has 0 aromatic carbocycles. The quantitative estimate of drug-likeness (QED) is 0.817. The topological polar surface area (TPSA) is 52.6 Å². The molecule has 1 saturated carbocycles. The molecule has 0 aromatic heterocycles. The summed E-state index contributed by atoms with van der Waals surface area (Å²) in [6.45, 7) is 4.48. The van der Waals surface area contributed by atoms with Crippen molar-refractivity contribution in [3.05, 3.63) is 0 Å². The van der Waals surface area contributed by atoms with Crippen LogP contribution in [0.5, 0.6) is 0 Å². The molecule has 1 aliphatic heterocycles. The Kier molecular flexibility index (Phi) is 6.06. The fourth-order valence-corrected chi connectivity index (χ4v) is 3.73. The van der Waals surface area contributed by atoms with Crippen molar-refractivity contribution >= 4 is 5.91 Å². The molecular formula is C17H32N2O2. The fourth-order valence-electron chi connectivity index (χ4n) is 3.73. The van der Waals surface area contributed by atoms with Crippen LogP contribution in [0.2, 0.25) is 0 Å². The second-order valence-corrected chi connectivity index (χ2v) is 7.25. The van der Waals surface area contributed by atoms with Gasteiger partial charge in [0.2, 0.25) is 5.91 Å². The second-order valence-electron chi connectivity index (χ2n) is 7.25. The van der Waals surface area contributed by atoms with Gasteiger partial charge in [0.1, 0.15) is 0 Å². The van der Waals surface area contributed by atoms with E-state index in [0.29, 0.717) is 6.54 Å². The van der Waals surface area contributed by atoms with Gasteiger partial charge in [-0.3, -0.25) is 4.79 Å². The molecule has 1 saturated heterocycles. The molecule has 1 heterocycles. The zero-order chi connectivity index (χ0) is 15.3. The van der Waals surface area contributed by atoms with Gasteiger partial charge in [0.25, 0.3) is 0 Å². The van der Waals surface area contributed by atoms with Gasteiger partial charge in [0, 0.05) is 25.6 Å². The monoisotopic (exact) mass is 296 g/mol. The van der Waals surface area contributed by atoms with E-state index in [4.69, 9.17) is 0 Å². The van der Waals surface area contributed by atoms with Crippen molar-refractivity contribution < 1.29 is 9.90 Å². The van der Waals surface area contributed by atoms with Crippen molar-refractivity contribution in [2.75, 3.05) is 26.7 Å². The SMILES string of the molecule is CCCC1CCC(C(=O)NCC2(O)CCN(C)CC2)CC1. The summed E-state index contributed by atoms with van der Waals surface area (Å²) in [7, 11) is 2.08. The first kappa shape index (κ1) is 16.8. The molecule has 0 bridgehead atoms. The molecule has 0 radical (unpaired) electrons. The highest BCUT2D eigenvalue weighted by atomic mass is 16.3. The van der Waals surface area contributed by atoms with E-state index in [2.05, 4.69) is 24.2 Å². The normalized spacial score (nSPS) is 30.0. The summed E-state index contributed by atoms with van der Waals surface area (Å²) in [5, 5.41) is 13.5. The maximum absolute atomic E-state index is 12.3. The Balaban J connectivity index is 1.70. The van der Waals surface area contributed by atoms with Crippen molar-refractivity contribution in [1.29, 1.82) is 0 Å². The molecule has 122 valence electrons. The summed E-state index contributed by atoms with van der Waals surface area (Å²) in [6, 6.07) is 0. The number of piperidine rings is 1. The van der Waals surface area contributed by atoms with Crippen LogP contribution in [-0.2, 0) is 4.79 Å². The minimum Gasteiger partial charge on any atom is -0.388 e. The summed E-state index contributed by atoms with van der Waals surface area (Å²) in [4.78, 5) is 14.5. The molecule has 0 unspecified atom stereocenters. The first-order chi connectivity index (χ1) is 10.0. The van der Waals surface area contributed by atoms with Crippen molar-refractivity contribution in [3.63, 3.8) is 0 Å². The first-order valence-electron chi connectivity index (χ1n) is 8.71. The fraction of sp³-hybridized carbons (Fsp3) is 0.941.